The molecule has 7 nitrogen and oxygen atoms in total. The molecule has 0 aliphatic carbocycles. The number of ether oxygens (including phenoxy) is 1. The summed E-state index contributed by atoms with van der Waals surface area (Å²) in [6.45, 7) is 7.71. The van der Waals surface area contributed by atoms with E-state index in [1.165, 1.54) is 18.9 Å². The maximum Gasteiger partial charge on any atom is 0.253 e. The first-order chi connectivity index (χ1) is 12.8. The van der Waals surface area contributed by atoms with Crippen molar-refractivity contribution in [2.75, 3.05) is 12.4 Å². The minimum Gasteiger partial charge on any atom is -0.495 e. The van der Waals surface area contributed by atoms with Gasteiger partial charge in [0.05, 0.1) is 18.0 Å². The summed E-state index contributed by atoms with van der Waals surface area (Å²) in [6, 6.07) is 5.06. The van der Waals surface area contributed by atoms with Gasteiger partial charge in [-0.25, -0.2) is 9.50 Å². The zero-order valence-corrected chi connectivity index (χ0v) is 17.3. The van der Waals surface area contributed by atoms with E-state index in [9.17, 15) is 4.79 Å². The van der Waals surface area contributed by atoms with Crippen LogP contribution in [0.25, 0.3) is 5.78 Å². The lowest BCUT2D eigenvalue weighted by Crippen LogP contribution is -2.22. The molecule has 0 fully saturated rings. The van der Waals surface area contributed by atoms with E-state index in [1.807, 2.05) is 20.8 Å². The largest absolute Gasteiger partial charge is 0.495 e. The number of hydrogen-bond acceptors (Lipinski definition) is 6. The number of halogens is 1. The molecule has 1 N–H and O–H groups in total. The van der Waals surface area contributed by atoms with Crippen LogP contribution in [-0.2, 0) is 4.79 Å². The Morgan fingerprint density at radius 2 is 2.04 bits per heavy atom. The standard InChI is InChI=1S/C18H20ClN5O2S/c1-9-10(2)20-17-22-18(23-24(17)11(9)3)27-12(4)16(25)21-14-8-13(19)6-7-15(14)26-5/h6-8,12H,1-5H3,(H,21,25). The Labute approximate surface area is 166 Å². The minimum absolute atomic E-state index is 0.198. The van der Waals surface area contributed by atoms with E-state index >= 15 is 0 Å². The van der Waals surface area contributed by atoms with E-state index in [0.717, 1.165) is 17.0 Å². The average Bonchev–Trinajstić information content (AvgIpc) is 3.02. The number of nitrogens with one attached hydrogen (secondary N) is 1. The smallest absolute Gasteiger partial charge is 0.253 e. The van der Waals surface area contributed by atoms with Crippen molar-refractivity contribution in [3.05, 3.63) is 40.2 Å². The van der Waals surface area contributed by atoms with Crippen LogP contribution < -0.4 is 10.1 Å². The summed E-state index contributed by atoms with van der Waals surface area (Å²) in [5.41, 5.74) is 3.50. The highest BCUT2D eigenvalue weighted by Gasteiger charge is 2.20. The summed E-state index contributed by atoms with van der Waals surface area (Å²) < 4.78 is 6.96. The first-order valence-electron chi connectivity index (χ1n) is 8.31. The molecule has 1 atom stereocenters. The number of rotatable bonds is 5. The second-order valence-corrected chi connectivity index (χ2v) is 7.85. The van der Waals surface area contributed by atoms with Crippen molar-refractivity contribution in [3.8, 4) is 5.75 Å². The number of benzene rings is 1. The van der Waals surface area contributed by atoms with Crippen molar-refractivity contribution in [2.45, 2.75) is 38.1 Å². The van der Waals surface area contributed by atoms with Crippen molar-refractivity contribution in [2.24, 2.45) is 0 Å². The van der Waals surface area contributed by atoms with Crippen LogP contribution in [0.5, 0.6) is 5.75 Å². The maximum atomic E-state index is 12.6. The first kappa shape index (κ1) is 19.4. The highest BCUT2D eigenvalue weighted by atomic mass is 35.5. The zero-order valence-electron chi connectivity index (χ0n) is 15.7. The fraction of sp³-hybridized carbons (Fsp3) is 0.333. The number of nitrogens with zero attached hydrogens (tertiary/aromatic N) is 4. The Morgan fingerprint density at radius 3 is 2.74 bits per heavy atom. The monoisotopic (exact) mass is 405 g/mol. The Morgan fingerprint density at radius 1 is 1.30 bits per heavy atom. The lowest BCUT2D eigenvalue weighted by Gasteiger charge is -2.13. The van der Waals surface area contributed by atoms with Gasteiger partial charge in [0.25, 0.3) is 5.78 Å². The lowest BCUT2D eigenvalue weighted by atomic mass is 10.2. The number of carbonyl (C=O) groups excluding carboxylic acids is 1. The van der Waals surface area contributed by atoms with Gasteiger partial charge in [-0.3, -0.25) is 4.79 Å². The number of aryl methyl sites for hydroxylation is 2. The van der Waals surface area contributed by atoms with Crippen molar-refractivity contribution >= 4 is 40.7 Å². The molecular weight excluding hydrogens is 386 g/mol. The summed E-state index contributed by atoms with van der Waals surface area (Å²) >= 11 is 7.28. The highest BCUT2D eigenvalue weighted by Crippen LogP contribution is 2.29. The summed E-state index contributed by atoms with van der Waals surface area (Å²) in [4.78, 5) is 21.5. The zero-order chi connectivity index (χ0) is 19.7. The third-order valence-electron chi connectivity index (χ3n) is 4.31. The van der Waals surface area contributed by atoms with E-state index in [1.54, 1.807) is 29.6 Å². The molecule has 1 unspecified atom stereocenters. The van der Waals surface area contributed by atoms with Crippen LogP contribution in [0.3, 0.4) is 0 Å². The summed E-state index contributed by atoms with van der Waals surface area (Å²) in [7, 11) is 1.54. The molecule has 3 rings (SSSR count). The van der Waals surface area contributed by atoms with Crippen LogP contribution >= 0.6 is 23.4 Å². The van der Waals surface area contributed by atoms with Gasteiger partial charge in [-0.2, -0.15) is 4.98 Å². The number of fused-ring (bicyclic) bond motifs is 1. The molecular formula is C18H20ClN5O2S. The third-order valence-corrected chi connectivity index (χ3v) is 5.50. The third kappa shape index (κ3) is 4.01. The number of carbonyl (C=O) groups is 1. The molecule has 1 aromatic carbocycles. The summed E-state index contributed by atoms with van der Waals surface area (Å²) in [5.74, 6) is 0.875. The SMILES string of the molecule is COc1ccc(Cl)cc1NC(=O)C(C)Sc1nc2nc(C)c(C)c(C)n2n1. The van der Waals surface area contributed by atoms with Crippen LogP contribution in [0.1, 0.15) is 23.9 Å². The number of anilines is 1. The van der Waals surface area contributed by atoms with Crippen molar-refractivity contribution in [3.63, 3.8) is 0 Å². The van der Waals surface area contributed by atoms with Gasteiger partial charge in [0, 0.05) is 16.4 Å². The Hall–Kier alpha value is -2.32. The van der Waals surface area contributed by atoms with E-state index in [4.69, 9.17) is 16.3 Å². The highest BCUT2D eigenvalue weighted by molar-refractivity contribution is 8.00. The molecule has 142 valence electrons. The number of methoxy groups -OCH3 is 1. The Kier molecular flexibility index (Phi) is 5.57. The molecule has 3 aromatic rings. The van der Waals surface area contributed by atoms with Gasteiger partial charge in [0.1, 0.15) is 5.75 Å². The fourth-order valence-corrected chi connectivity index (χ4v) is 3.43. The predicted molar refractivity (Wildman–Crippen MR) is 107 cm³/mol. The molecule has 0 saturated carbocycles. The van der Waals surface area contributed by atoms with Gasteiger partial charge in [-0.1, -0.05) is 23.4 Å². The molecule has 1 amide bonds. The lowest BCUT2D eigenvalue weighted by molar-refractivity contribution is -0.115. The van der Waals surface area contributed by atoms with Crippen LogP contribution in [0.2, 0.25) is 5.02 Å². The molecule has 2 aromatic heterocycles. The van der Waals surface area contributed by atoms with Gasteiger partial charge in [-0.05, 0) is 51.5 Å². The van der Waals surface area contributed by atoms with Gasteiger partial charge in [0.15, 0.2) is 0 Å². The van der Waals surface area contributed by atoms with E-state index in [0.29, 0.717) is 27.4 Å². The molecule has 0 bridgehead atoms. The Balaban J connectivity index is 1.78. The van der Waals surface area contributed by atoms with Gasteiger partial charge >= 0.3 is 0 Å². The number of hydrogen-bond donors (Lipinski definition) is 1. The predicted octanol–water partition coefficient (Wildman–Crippen LogP) is 3.83. The molecule has 0 radical (unpaired) electrons. The van der Waals surface area contributed by atoms with Gasteiger partial charge < -0.3 is 10.1 Å². The molecule has 2 heterocycles. The number of thioether (sulfide) groups is 1. The minimum atomic E-state index is -0.423. The quantitative estimate of drug-likeness (QED) is 0.649. The molecule has 0 aliphatic rings. The maximum absolute atomic E-state index is 12.6. The fourth-order valence-electron chi connectivity index (χ4n) is 2.51. The number of aromatic nitrogens is 4. The second-order valence-electron chi connectivity index (χ2n) is 6.11. The first-order valence-corrected chi connectivity index (χ1v) is 9.57. The molecule has 0 aliphatic heterocycles. The van der Waals surface area contributed by atoms with Crippen molar-refractivity contribution in [1.29, 1.82) is 0 Å². The van der Waals surface area contributed by atoms with Gasteiger partial charge in [0.2, 0.25) is 11.1 Å². The van der Waals surface area contributed by atoms with Crippen molar-refractivity contribution in [1.82, 2.24) is 19.6 Å². The summed E-state index contributed by atoms with van der Waals surface area (Å²) in [5, 5.41) is 7.90. The molecule has 9 heteroatoms. The van der Waals surface area contributed by atoms with E-state index < -0.39 is 5.25 Å². The Bertz CT molecular complexity index is 1020. The van der Waals surface area contributed by atoms with Crippen molar-refractivity contribution < 1.29 is 9.53 Å². The summed E-state index contributed by atoms with van der Waals surface area (Å²) in [6.07, 6.45) is 0. The van der Waals surface area contributed by atoms with Gasteiger partial charge in [-0.15, -0.1) is 5.10 Å². The normalized spacial score (nSPS) is 12.2. The molecule has 27 heavy (non-hydrogen) atoms. The molecule has 0 saturated heterocycles. The van der Waals surface area contributed by atoms with E-state index in [-0.39, 0.29) is 5.91 Å². The topological polar surface area (TPSA) is 81.4 Å². The van der Waals surface area contributed by atoms with E-state index in [2.05, 4.69) is 20.4 Å². The van der Waals surface area contributed by atoms with Crippen LogP contribution in [-0.4, -0.2) is 37.8 Å². The number of amides is 1. The van der Waals surface area contributed by atoms with Crippen LogP contribution in [0, 0.1) is 20.8 Å². The average molecular weight is 406 g/mol. The van der Waals surface area contributed by atoms with Crippen LogP contribution in [0.15, 0.2) is 23.4 Å². The molecule has 0 spiro atoms. The van der Waals surface area contributed by atoms with Crippen LogP contribution in [0.4, 0.5) is 5.69 Å². The second kappa shape index (κ2) is 7.74.